The summed E-state index contributed by atoms with van der Waals surface area (Å²) in [5.74, 6) is 0.551. The van der Waals surface area contributed by atoms with Gasteiger partial charge >= 0.3 is 0 Å². The highest BCUT2D eigenvalue weighted by Crippen LogP contribution is 2.49. The Balaban J connectivity index is 1.05. The molecule has 5 aliphatic rings. The minimum absolute atomic E-state index is 0.0327. The molecule has 1 spiro atoms. The van der Waals surface area contributed by atoms with E-state index < -0.39 is 6.04 Å². The second kappa shape index (κ2) is 9.20. The summed E-state index contributed by atoms with van der Waals surface area (Å²) in [5.41, 5.74) is 5.44. The number of amides is 3. The average Bonchev–Trinajstić information content (AvgIpc) is 3.65. The summed E-state index contributed by atoms with van der Waals surface area (Å²) in [4.78, 5) is 41.4. The van der Waals surface area contributed by atoms with Crippen LogP contribution < -0.4 is 10.1 Å². The fourth-order valence-corrected chi connectivity index (χ4v) is 7.04. The molecular weight excluding hydrogens is 482 g/mol. The molecule has 7 rings (SSSR count). The molecule has 8 heteroatoms. The van der Waals surface area contributed by atoms with E-state index in [0.29, 0.717) is 31.1 Å². The maximum absolute atomic E-state index is 13.2. The van der Waals surface area contributed by atoms with Crippen LogP contribution in [-0.2, 0) is 32.8 Å². The standard InChI is InChI=1S/C30H33N3O5/c34-26-7-6-25(28(35)31-26)33-16-23-22(29(33)36)4-5-24-27(23)38-18-30(24)9-11-32(12-10-30)15-19-2-1-3-20(14-19)21-8-13-37-17-21/h1-5,14,21,25H,6-13,15-18H2,(H,31,34,35)/t21?,25-/m0/s1. The topological polar surface area (TPSA) is 88.2 Å². The van der Waals surface area contributed by atoms with Gasteiger partial charge < -0.3 is 14.4 Å². The predicted molar refractivity (Wildman–Crippen MR) is 139 cm³/mol. The number of benzene rings is 2. The molecule has 2 atom stereocenters. The number of likely N-dealkylation sites (tertiary alicyclic amines) is 1. The van der Waals surface area contributed by atoms with Gasteiger partial charge in [-0.05, 0) is 56.0 Å². The van der Waals surface area contributed by atoms with Crippen LogP contribution in [0.4, 0.5) is 0 Å². The van der Waals surface area contributed by atoms with E-state index in [4.69, 9.17) is 9.47 Å². The maximum atomic E-state index is 13.2. The van der Waals surface area contributed by atoms with Crippen LogP contribution in [0.2, 0.25) is 0 Å². The molecule has 3 saturated heterocycles. The first-order chi connectivity index (χ1) is 18.5. The molecule has 0 bridgehead atoms. The van der Waals surface area contributed by atoms with Gasteiger partial charge in [0.2, 0.25) is 11.8 Å². The summed E-state index contributed by atoms with van der Waals surface area (Å²) in [6.45, 7) is 5.63. The first-order valence-electron chi connectivity index (χ1n) is 13.8. The van der Waals surface area contributed by atoms with Gasteiger partial charge in [0.25, 0.3) is 5.91 Å². The number of imide groups is 1. The smallest absolute Gasteiger partial charge is 0.255 e. The van der Waals surface area contributed by atoms with Crippen LogP contribution in [-0.4, -0.2) is 66.5 Å². The van der Waals surface area contributed by atoms with Crippen molar-refractivity contribution in [1.29, 1.82) is 0 Å². The van der Waals surface area contributed by atoms with E-state index in [0.717, 1.165) is 63.4 Å². The predicted octanol–water partition coefficient (Wildman–Crippen LogP) is 2.88. The number of carbonyl (C=O) groups excluding carboxylic acids is 3. The van der Waals surface area contributed by atoms with Crippen LogP contribution in [0, 0.1) is 0 Å². The summed E-state index contributed by atoms with van der Waals surface area (Å²) in [6.07, 6.45) is 3.75. The zero-order valence-corrected chi connectivity index (χ0v) is 21.5. The number of rotatable bonds is 4. The summed E-state index contributed by atoms with van der Waals surface area (Å²) in [7, 11) is 0. The van der Waals surface area contributed by atoms with Crippen LogP contribution in [0.1, 0.15) is 70.6 Å². The van der Waals surface area contributed by atoms with Gasteiger partial charge in [-0.1, -0.05) is 30.3 Å². The summed E-state index contributed by atoms with van der Waals surface area (Å²) in [5, 5.41) is 2.38. The maximum Gasteiger partial charge on any atom is 0.255 e. The van der Waals surface area contributed by atoms with Crippen molar-refractivity contribution < 1.29 is 23.9 Å². The number of fused-ring (bicyclic) bond motifs is 4. The van der Waals surface area contributed by atoms with Crippen molar-refractivity contribution in [3.63, 3.8) is 0 Å². The zero-order chi connectivity index (χ0) is 25.9. The third-order valence-electron chi connectivity index (χ3n) is 9.30. The monoisotopic (exact) mass is 515 g/mol. The van der Waals surface area contributed by atoms with Gasteiger partial charge in [-0.25, -0.2) is 0 Å². The molecule has 5 aliphatic heterocycles. The number of nitrogens with one attached hydrogen (secondary N) is 1. The van der Waals surface area contributed by atoms with E-state index in [1.165, 1.54) is 16.7 Å². The lowest BCUT2D eigenvalue weighted by atomic mass is 9.74. The number of piperidine rings is 2. The van der Waals surface area contributed by atoms with Gasteiger partial charge in [0.05, 0.1) is 19.8 Å². The first kappa shape index (κ1) is 23.9. The molecule has 3 amide bonds. The van der Waals surface area contributed by atoms with Crippen molar-refractivity contribution in [3.8, 4) is 5.75 Å². The molecule has 8 nitrogen and oxygen atoms in total. The molecular formula is C30H33N3O5. The Morgan fingerprint density at radius 1 is 1.05 bits per heavy atom. The van der Waals surface area contributed by atoms with Crippen molar-refractivity contribution in [3.05, 3.63) is 64.2 Å². The molecule has 1 unspecified atom stereocenters. The lowest BCUT2D eigenvalue weighted by Crippen LogP contribution is -2.52. The molecule has 0 aliphatic carbocycles. The fourth-order valence-electron chi connectivity index (χ4n) is 7.04. The van der Waals surface area contributed by atoms with E-state index in [2.05, 4.69) is 40.5 Å². The molecule has 38 heavy (non-hydrogen) atoms. The van der Waals surface area contributed by atoms with E-state index in [1.807, 2.05) is 6.07 Å². The van der Waals surface area contributed by atoms with Crippen molar-refractivity contribution in [2.24, 2.45) is 0 Å². The molecule has 198 valence electrons. The van der Waals surface area contributed by atoms with Crippen LogP contribution in [0.15, 0.2) is 36.4 Å². The van der Waals surface area contributed by atoms with E-state index >= 15 is 0 Å². The number of carbonyl (C=O) groups is 3. The Morgan fingerprint density at radius 3 is 2.71 bits per heavy atom. The van der Waals surface area contributed by atoms with Gasteiger partial charge in [0, 0.05) is 47.6 Å². The Labute approximate surface area is 222 Å². The van der Waals surface area contributed by atoms with Gasteiger partial charge in [0.1, 0.15) is 11.8 Å². The lowest BCUT2D eigenvalue weighted by molar-refractivity contribution is -0.136. The Kier molecular flexibility index (Phi) is 5.78. The molecule has 0 saturated carbocycles. The molecule has 5 heterocycles. The quantitative estimate of drug-likeness (QED) is 0.630. The zero-order valence-electron chi connectivity index (χ0n) is 21.5. The molecule has 2 aromatic carbocycles. The normalized spacial score (nSPS) is 26.4. The van der Waals surface area contributed by atoms with Crippen LogP contribution in [0.5, 0.6) is 5.75 Å². The Bertz CT molecular complexity index is 1310. The highest BCUT2D eigenvalue weighted by Gasteiger charge is 2.47. The van der Waals surface area contributed by atoms with Crippen molar-refractivity contribution in [2.45, 2.75) is 62.6 Å². The average molecular weight is 516 g/mol. The SMILES string of the molecule is O=C1CC[C@H](N2Cc3c(ccc4c3OCC43CCN(Cc4cccc(C5CCOC5)c4)CC3)C2=O)C(=O)N1. The molecule has 0 radical (unpaired) electrons. The van der Waals surface area contributed by atoms with E-state index in [1.54, 1.807) is 4.90 Å². The largest absolute Gasteiger partial charge is 0.492 e. The van der Waals surface area contributed by atoms with Crippen LogP contribution in [0.25, 0.3) is 0 Å². The summed E-state index contributed by atoms with van der Waals surface area (Å²) in [6, 6.07) is 12.4. The second-order valence-electron chi connectivity index (χ2n) is 11.5. The van der Waals surface area contributed by atoms with Crippen molar-refractivity contribution >= 4 is 17.7 Å². The van der Waals surface area contributed by atoms with Gasteiger partial charge in [-0.2, -0.15) is 0 Å². The molecule has 2 aromatic rings. The van der Waals surface area contributed by atoms with Gasteiger partial charge in [-0.3, -0.25) is 24.6 Å². The van der Waals surface area contributed by atoms with Crippen LogP contribution >= 0.6 is 0 Å². The minimum atomic E-state index is -0.610. The Morgan fingerprint density at radius 2 is 1.92 bits per heavy atom. The third-order valence-corrected chi connectivity index (χ3v) is 9.30. The number of nitrogens with zero attached hydrogens (tertiary/aromatic N) is 2. The summed E-state index contributed by atoms with van der Waals surface area (Å²) < 4.78 is 11.9. The minimum Gasteiger partial charge on any atom is -0.492 e. The number of hydrogen-bond donors (Lipinski definition) is 1. The van der Waals surface area contributed by atoms with E-state index in [-0.39, 0.29) is 29.6 Å². The number of hydrogen-bond acceptors (Lipinski definition) is 6. The van der Waals surface area contributed by atoms with Gasteiger partial charge in [0.15, 0.2) is 0 Å². The van der Waals surface area contributed by atoms with Crippen LogP contribution in [0.3, 0.4) is 0 Å². The van der Waals surface area contributed by atoms with Gasteiger partial charge in [-0.15, -0.1) is 0 Å². The fraction of sp³-hybridized carbons (Fsp3) is 0.500. The molecule has 1 N–H and O–H groups in total. The summed E-state index contributed by atoms with van der Waals surface area (Å²) >= 11 is 0. The van der Waals surface area contributed by atoms with Crippen molar-refractivity contribution in [1.82, 2.24) is 15.1 Å². The Hall–Kier alpha value is -3.23. The second-order valence-corrected chi connectivity index (χ2v) is 11.5. The highest BCUT2D eigenvalue weighted by atomic mass is 16.5. The molecule has 0 aromatic heterocycles. The highest BCUT2D eigenvalue weighted by molar-refractivity contribution is 6.05. The third kappa shape index (κ3) is 3.93. The number of ether oxygens (including phenoxy) is 2. The van der Waals surface area contributed by atoms with E-state index in [9.17, 15) is 14.4 Å². The lowest BCUT2D eigenvalue weighted by Gasteiger charge is -2.38. The first-order valence-corrected chi connectivity index (χ1v) is 13.8. The van der Waals surface area contributed by atoms with Crippen molar-refractivity contribution in [2.75, 3.05) is 32.9 Å². The molecule has 3 fully saturated rings.